The third-order valence-corrected chi connectivity index (χ3v) is 3.34. The van der Waals surface area contributed by atoms with Gasteiger partial charge >= 0.3 is 0 Å². The molecule has 3 rings (SSSR count). The predicted octanol–water partition coefficient (Wildman–Crippen LogP) is 3.78. The monoisotopic (exact) mass is 267 g/mol. The van der Waals surface area contributed by atoms with E-state index < -0.39 is 0 Å². The maximum Gasteiger partial charge on any atom is 0.134 e. The highest BCUT2D eigenvalue weighted by molar-refractivity contribution is 5.81. The van der Waals surface area contributed by atoms with Crippen LogP contribution < -0.4 is 10.5 Å². The molecule has 2 aromatic carbocycles. The van der Waals surface area contributed by atoms with Crippen LogP contribution in [0.25, 0.3) is 11.0 Å². The molecule has 102 valence electrons. The first-order chi connectivity index (χ1) is 9.76. The summed E-state index contributed by atoms with van der Waals surface area (Å²) in [6.45, 7) is 3.07. The van der Waals surface area contributed by atoms with Crippen LogP contribution in [0.15, 0.2) is 53.1 Å². The summed E-state index contributed by atoms with van der Waals surface area (Å²) >= 11 is 0. The standard InChI is InChI=1S/C17H17NO2/c1-12-3-2-4-15(7-12)19-10-14-11-20-17-6-5-13(9-18)8-16(14)17/h2-8,11H,9-10,18H2,1H3. The van der Waals surface area contributed by atoms with Crippen molar-refractivity contribution in [1.29, 1.82) is 0 Å². The molecule has 3 aromatic rings. The normalized spacial score (nSPS) is 10.9. The van der Waals surface area contributed by atoms with Crippen LogP contribution in [-0.4, -0.2) is 0 Å². The third kappa shape index (κ3) is 2.53. The van der Waals surface area contributed by atoms with Crippen LogP contribution >= 0.6 is 0 Å². The fourth-order valence-corrected chi connectivity index (χ4v) is 2.23. The molecular weight excluding hydrogens is 250 g/mol. The van der Waals surface area contributed by atoms with E-state index in [-0.39, 0.29) is 0 Å². The quantitative estimate of drug-likeness (QED) is 0.782. The molecule has 0 aliphatic heterocycles. The van der Waals surface area contributed by atoms with Crippen LogP contribution in [0.3, 0.4) is 0 Å². The number of nitrogens with two attached hydrogens (primary N) is 1. The Hall–Kier alpha value is -2.26. The molecule has 0 aliphatic rings. The minimum absolute atomic E-state index is 0.491. The highest BCUT2D eigenvalue weighted by Gasteiger charge is 2.07. The zero-order valence-corrected chi connectivity index (χ0v) is 11.4. The molecule has 20 heavy (non-hydrogen) atoms. The van der Waals surface area contributed by atoms with E-state index in [9.17, 15) is 0 Å². The number of hydrogen-bond acceptors (Lipinski definition) is 3. The lowest BCUT2D eigenvalue weighted by atomic mass is 10.1. The van der Waals surface area contributed by atoms with Crippen LogP contribution in [0.2, 0.25) is 0 Å². The molecule has 0 amide bonds. The lowest BCUT2D eigenvalue weighted by Crippen LogP contribution is -1.97. The fraction of sp³-hybridized carbons (Fsp3) is 0.176. The number of hydrogen-bond donors (Lipinski definition) is 1. The summed E-state index contributed by atoms with van der Waals surface area (Å²) < 4.78 is 11.4. The number of ether oxygens (including phenoxy) is 1. The first kappa shape index (κ1) is 12.8. The van der Waals surface area contributed by atoms with Gasteiger partial charge in [-0.25, -0.2) is 0 Å². The van der Waals surface area contributed by atoms with Gasteiger partial charge in [0.25, 0.3) is 0 Å². The minimum atomic E-state index is 0.491. The maximum atomic E-state index is 5.82. The summed E-state index contributed by atoms with van der Waals surface area (Å²) in [7, 11) is 0. The molecule has 0 spiro atoms. The van der Waals surface area contributed by atoms with Crippen molar-refractivity contribution in [2.24, 2.45) is 5.73 Å². The molecular formula is C17H17NO2. The van der Waals surface area contributed by atoms with Crippen LogP contribution in [0, 0.1) is 6.92 Å². The molecule has 1 aromatic heterocycles. The van der Waals surface area contributed by atoms with Gasteiger partial charge in [0.05, 0.1) is 6.26 Å². The summed E-state index contributed by atoms with van der Waals surface area (Å²) in [5, 5.41) is 1.07. The Bertz CT molecular complexity index is 731. The second kappa shape index (κ2) is 5.39. The molecule has 0 bridgehead atoms. The molecule has 0 atom stereocenters. The molecule has 3 heteroatoms. The molecule has 0 unspecified atom stereocenters. The average Bonchev–Trinajstić information content (AvgIpc) is 2.87. The van der Waals surface area contributed by atoms with Crippen molar-refractivity contribution < 1.29 is 9.15 Å². The van der Waals surface area contributed by atoms with Crippen LogP contribution in [-0.2, 0) is 13.2 Å². The van der Waals surface area contributed by atoms with Gasteiger partial charge in [0, 0.05) is 17.5 Å². The number of aryl methyl sites for hydroxylation is 1. The largest absolute Gasteiger partial charge is 0.489 e. The topological polar surface area (TPSA) is 48.4 Å². The summed E-state index contributed by atoms with van der Waals surface area (Å²) in [6, 6.07) is 14.0. The second-order valence-corrected chi connectivity index (χ2v) is 4.90. The van der Waals surface area contributed by atoms with E-state index in [4.69, 9.17) is 14.9 Å². The third-order valence-electron chi connectivity index (χ3n) is 3.34. The van der Waals surface area contributed by atoms with Gasteiger partial charge in [0.15, 0.2) is 0 Å². The van der Waals surface area contributed by atoms with E-state index in [2.05, 4.69) is 6.07 Å². The van der Waals surface area contributed by atoms with E-state index in [0.717, 1.165) is 27.8 Å². The van der Waals surface area contributed by atoms with E-state index in [1.165, 1.54) is 5.56 Å². The molecule has 0 saturated heterocycles. The molecule has 0 radical (unpaired) electrons. The Morgan fingerprint density at radius 3 is 2.85 bits per heavy atom. The molecule has 2 N–H and O–H groups in total. The highest BCUT2D eigenvalue weighted by Crippen LogP contribution is 2.24. The Morgan fingerprint density at radius 2 is 2.05 bits per heavy atom. The van der Waals surface area contributed by atoms with Crippen molar-refractivity contribution in [3.8, 4) is 5.75 Å². The summed E-state index contributed by atoms with van der Waals surface area (Å²) in [6.07, 6.45) is 1.75. The van der Waals surface area contributed by atoms with Gasteiger partial charge in [0.2, 0.25) is 0 Å². The number of rotatable bonds is 4. The zero-order chi connectivity index (χ0) is 13.9. The zero-order valence-electron chi connectivity index (χ0n) is 11.4. The van der Waals surface area contributed by atoms with Gasteiger partial charge in [0.1, 0.15) is 17.9 Å². The molecule has 0 fully saturated rings. The molecule has 0 aliphatic carbocycles. The summed E-state index contributed by atoms with van der Waals surface area (Å²) in [5.41, 5.74) is 9.86. The van der Waals surface area contributed by atoms with Crippen molar-refractivity contribution in [3.05, 3.63) is 65.4 Å². The van der Waals surface area contributed by atoms with Gasteiger partial charge in [-0.3, -0.25) is 0 Å². The maximum absolute atomic E-state index is 5.82. The van der Waals surface area contributed by atoms with Crippen molar-refractivity contribution >= 4 is 11.0 Å². The van der Waals surface area contributed by atoms with E-state index in [1.807, 2.05) is 43.3 Å². The lowest BCUT2D eigenvalue weighted by molar-refractivity contribution is 0.306. The van der Waals surface area contributed by atoms with Gasteiger partial charge < -0.3 is 14.9 Å². The Kier molecular flexibility index (Phi) is 3.44. The first-order valence-corrected chi connectivity index (χ1v) is 6.65. The minimum Gasteiger partial charge on any atom is -0.489 e. The first-order valence-electron chi connectivity index (χ1n) is 6.65. The number of fused-ring (bicyclic) bond motifs is 1. The van der Waals surface area contributed by atoms with Gasteiger partial charge in [-0.15, -0.1) is 0 Å². The van der Waals surface area contributed by atoms with Crippen molar-refractivity contribution in [2.75, 3.05) is 0 Å². The summed E-state index contributed by atoms with van der Waals surface area (Å²) in [5.74, 6) is 0.870. The summed E-state index contributed by atoms with van der Waals surface area (Å²) in [4.78, 5) is 0. The molecule has 1 heterocycles. The van der Waals surface area contributed by atoms with Crippen molar-refractivity contribution in [1.82, 2.24) is 0 Å². The van der Waals surface area contributed by atoms with E-state index in [1.54, 1.807) is 6.26 Å². The molecule has 3 nitrogen and oxygen atoms in total. The second-order valence-electron chi connectivity index (χ2n) is 4.90. The number of furan rings is 1. The Balaban J connectivity index is 1.83. The Labute approximate surface area is 118 Å². The SMILES string of the molecule is Cc1cccc(OCc2coc3ccc(CN)cc23)c1. The number of benzene rings is 2. The van der Waals surface area contributed by atoms with E-state index >= 15 is 0 Å². The predicted molar refractivity (Wildman–Crippen MR) is 79.6 cm³/mol. The van der Waals surface area contributed by atoms with Gasteiger partial charge in [-0.2, -0.15) is 0 Å². The van der Waals surface area contributed by atoms with Gasteiger partial charge in [-0.1, -0.05) is 18.2 Å². The van der Waals surface area contributed by atoms with Crippen molar-refractivity contribution in [3.63, 3.8) is 0 Å². The van der Waals surface area contributed by atoms with Crippen LogP contribution in [0.1, 0.15) is 16.7 Å². The fourth-order valence-electron chi connectivity index (χ4n) is 2.23. The highest BCUT2D eigenvalue weighted by atomic mass is 16.5. The molecule has 0 saturated carbocycles. The Morgan fingerprint density at radius 1 is 1.15 bits per heavy atom. The average molecular weight is 267 g/mol. The smallest absolute Gasteiger partial charge is 0.134 e. The van der Waals surface area contributed by atoms with Gasteiger partial charge in [-0.05, 0) is 42.3 Å². The van der Waals surface area contributed by atoms with Crippen LogP contribution in [0.5, 0.6) is 5.75 Å². The lowest BCUT2D eigenvalue weighted by Gasteiger charge is -2.06. The van der Waals surface area contributed by atoms with Crippen molar-refractivity contribution in [2.45, 2.75) is 20.1 Å². The van der Waals surface area contributed by atoms with Crippen LogP contribution in [0.4, 0.5) is 0 Å². The van der Waals surface area contributed by atoms with E-state index in [0.29, 0.717) is 13.2 Å².